The van der Waals surface area contributed by atoms with Crippen LogP contribution in [0.25, 0.3) is 0 Å². The van der Waals surface area contributed by atoms with Crippen molar-refractivity contribution in [2.75, 3.05) is 5.32 Å². The van der Waals surface area contributed by atoms with Gasteiger partial charge in [0.15, 0.2) is 0 Å². The minimum atomic E-state index is -0.869. The molecule has 0 spiro atoms. The molecule has 4 nitrogen and oxygen atoms in total. The van der Waals surface area contributed by atoms with Crippen molar-refractivity contribution in [2.24, 2.45) is 0 Å². The average Bonchev–Trinajstić information content (AvgIpc) is 2.61. The Bertz CT molecular complexity index is 1030. The molecular weight excluding hydrogens is 338 g/mol. The van der Waals surface area contributed by atoms with Crippen molar-refractivity contribution in [2.45, 2.75) is 13.5 Å². The van der Waals surface area contributed by atoms with E-state index in [0.29, 0.717) is 12.6 Å². The summed E-state index contributed by atoms with van der Waals surface area (Å²) in [7, 11) is 0. The van der Waals surface area contributed by atoms with E-state index in [4.69, 9.17) is 0 Å². The Morgan fingerprint density at radius 2 is 1.85 bits per heavy atom. The van der Waals surface area contributed by atoms with Gasteiger partial charge in [0.25, 0.3) is 11.5 Å². The zero-order valence-electron chi connectivity index (χ0n) is 14.0. The monoisotopic (exact) mass is 354 g/mol. The van der Waals surface area contributed by atoms with E-state index >= 15 is 0 Å². The van der Waals surface area contributed by atoms with Gasteiger partial charge in [0, 0.05) is 18.3 Å². The largest absolute Gasteiger partial charge is 0.319 e. The lowest BCUT2D eigenvalue weighted by molar-refractivity contribution is 0.102. The molecule has 3 rings (SSSR count). The van der Waals surface area contributed by atoms with Crippen molar-refractivity contribution in [3.63, 3.8) is 0 Å². The molecule has 1 N–H and O–H groups in total. The number of carbonyl (C=O) groups excluding carboxylic acids is 1. The van der Waals surface area contributed by atoms with Crippen molar-refractivity contribution in [1.29, 1.82) is 0 Å². The van der Waals surface area contributed by atoms with Crippen LogP contribution >= 0.6 is 0 Å². The van der Waals surface area contributed by atoms with E-state index in [1.807, 2.05) is 31.2 Å². The zero-order chi connectivity index (χ0) is 18.7. The molecule has 26 heavy (non-hydrogen) atoms. The third-order valence-corrected chi connectivity index (χ3v) is 4.03. The van der Waals surface area contributed by atoms with Crippen LogP contribution in [-0.2, 0) is 6.54 Å². The summed E-state index contributed by atoms with van der Waals surface area (Å²) in [6.07, 6.45) is 1.42. The highest BCUT2D eigenvalue weighted by Crippen LogP contribution is 2.16. The van der Waals surface area contributed by atoms with Crippen LogP contribution in [0.5, 0.6) is 0 Å². The van der Waals surface area contributed by atoms with Crippen LogP contribution in [0.4, 0.5) is 14.5 Å². The number of aromatic nitrogens is 1. The first-order valence-electron chi connectivity index (χ1n) is 7.95. The summed E-state index contributed by atoms with van der Waals surface area (Å²) in [5.41, 5.74) is 1.80. The number of halogens is 2. The maximum absolute atomic E-state index is 13.7. The molecule has 2 aromatic carbocycles. The highest BCUT2D eigenvalue weighted by molar-refractivity contribution is 6.04. The average molecular weight is 354 g/mol. The van der Waals surface area contributed by atoms with Crippen LogP contribution in [0.1, 0.15) is 21.5 Å². The molecule has 0 aliphatic carbocycles. The molecule has 3 aromatic rings. The Kier molecular flexibility index (Phi) is 4.93. The molecule has 1 aromatic heterocycles. The lowest BCUT2D eigenvalue weighted by Gasteiger charge is -2.11. The summed E-state index contributed by atoms with van der Waals surface area (Å²) in [5, 5.41) is 2.38. The Hall–Kier alpha value is -3.28. The first-order valence-corrected chi connectivity index (χ1v) is 7.95. The molecule has 0 unspecified atom stereocenters. The van der Waals surface area contributed by atoms with Crippen LogP contribution in [0, 0.1) is 18.6 Å². The number of rotatable bonds is 4. The number of carbonyl (C=O) groups is 1. The van der Waals surface area contributed by atoms with Gasteiger partial charge < -0.3 is 9.88 Å². The van der Waals surface area contributed by atoms with Gasteiger partial charge in [-0.15, -0.1) is 0 Å². The number of pyridine rings is 1. The third kappa shape index (κ3) is 3.85. The van der Waals surface area contributed by atoms with Crippen molar-refractivity contribution in [3.05, 3.63) is 99.5 Å². The van der Waals surface area contributed by atoms with E-state index < -0.39 is 17.5 Å². The van der Waals surface area contributed by atoms with Crippen LogP contribution in [0.3, 0.4) is 0 Å². The number of anilines is 1. The molecular formula is C20H16F2N2O2. The van der Waals surface area contributed by atoms with E-state index in [9.17, 15) is 18.4 Å². The molecule has 0 saturated heterocycles. The first kappa shape index (κ1) is 17.5. The second-order valence-electron chi connectivity index (χ2n) is 5.89. The topological polar surface area (TPSA) is 51.1 Å². The van der Waals surface area contributed by atoms with Gasteiger partial charge in [-0.05, 0) is 36.2 Å². The number of amides is 1. The van der Waals surface area contributed by atoms with Gasteiger partial charge >= 0.3 is 0 Å². The molecule has 0 aliphatic rings. The van der Waals surface area contributed by atoms with Crippen molar-refractivity contribution >= 4 is 11.6 Å². The molecule has 0 aliphatic heterocycles. The van der Waals surface area contributed by atoms with Gasteiger partial charge in [-0.1, -0.05) is 24.3 Å². The van der Waals surface area contributed by atoms with Crippen LogP contribution in [-0.4, -0.2) is 10.5 Å². The maximum Gasteiger partial charge on any atom is 0.257 e. The highest BCUT2D eigenvalue weighted by atomic mass is 19.1. The number of nitrogens with one attached hydrogen (secondary N) is 1. The molecule has 0 fully saturated rings. The third-order valence-electron chi connectivity index (χ3n) is 4.03. The molecule has 6 heteroatoms. The number of nitrogens with zero attached hydrogens (tertiary/aromatic N) is 1. The predicted octanol–water partition coefficient (Wildman–Crippen LogP) is 3.74. The van der Waals surface area contributed by atoms with E-state index in [2.05, 4.69) is 5.32 Å². The smallest absolute Gasteiger partial charge is 0.257 e. The van der Waals surface area contributed by atoms with Gasteiger partial charge in [-0.2, -0.15) is 0 Å². The predicted molar refractivity (Wildman–Crippen MR) is 95.3 cm³/mol. The number of aryl methyl sites for hydroxylation is 1. The van der Waals surface area contributed by atoms with Gasteiger partial charge in [0.2, 0.25) is 0 Å². The molecule has 0 radical (unpaired) electrons. The summed E-state index contributed by atoms with van der Waals surface area (Å²) in [6.45, 7) is 2.26. The van der Waals surface area contributed by atoms with E-state index in [1.165, 1.54) is 22.9 Å². The Morgan fingerprint density at radius 3 is 2.58 bits per heavy atom. The lowest BCUT2D eigenvalue weighted by Crippen LogP contribution is -2.23. The summed E-state index contributed by atoms with van der Waals surface area (Å²) >= 11 is 0. The number of hydrogen-bond donors (Lipinski definition) is 1. The molecule has 1 amide bonds. The summed E-state index contributed by atoms with van der Waals surface area (Å²) < 4.78 is 28.1. The van der Waals surface area contributed by atoms with Crippen molar-refractivity contribution < 1.29 is 13.6 Å². The second kappa shape index (κ2) is 7.31. The maximum atomic E-state index is 13.7. The Balaban J connectivity index is 1.86. The van der Waals surface area contributed by atoms with Gasteiger partial charge in [0.1, 0.15) is 11.6 Å². The van der Waals surface area contributed by atoms with Gasteiger partial charge in [-0.3, -0.25) is 9.59 Å². The fourth-order valence-electron chi connectivity index (χ4n) is 2.55. The van der Waals surface area contributed by atoms with Crippen LogP contribution in [0.15, 0.2) is 65.6 Å². The first-order chi connectivity index (χ1) is 12.4. The van der Waals surface area contributed by atoms with Crippen molar-refractivity contribution in [1.82, 2.24) is 4.57 Å². The van der Waals surface area contributed by atoms with E-state index in [1.54, 1.807) is 0 Å². The molecule has 0 bridgehead atoms. The fourth-order valence-corrected chi connectivity index (χ4v) is 2.55. The number of benzene rings is 2. The van der Waals surface area contributed by atoms with E-state index in [0.717, 1.165) is 23.3 Å². The van der Waals surface area contributed by atoms with Gasteiger partial charge in [-0.25, -0.2) is 8.78 Å². The SMILES string of the molecule is Cc1ccccc1Cn1cc(C(=O)Nc2ccc(F)cc2F)ccc1=O. The molecule has 1 heterocycles. The molecule has 132 valence electrons. The zero-order valence-corrected chi connectivity index (χ0v) is 14.0. The summed E-state index contributed by atoms with van der Waals surface area (Å²) in [4.78, 5) is 24.4. The van der Waals surface area contributed by atoms with Crippen molar-refractivity contribution in [3.8, 4) is 0 Å². The molecule has 0 atom stereocenters. The van der Waals surface area contributed by atoms with Crippen LogP contribution < -0.4 is 10.9 Å². The minimum Gasteiger partial charge on any atom is -0.319 e. The Morgan fingerprint density at radius 1 is 1.08 bits per heavy atom. The second-order valence-corrected chi connectivity index (χ2v) is 5.89. The lowest BCUT2D eigenvalue weighted by atomic mass is 10.1. The fraction of sp³-hybridized carbons (Fsp3) is 0.100. The summed E-state index contributed by atoms with van der Waals surface area (Å²) in [5.74, 6) is -2.19. The quantitative estimate of drug-likeness (QED) is 0.776. The summed E-state index contributed by atoms with van der Waals surface area (Å²) in [6, 6.07) is 13.2. The highest BCUT2D eigenvalue weighted by Gasteiger charge is 2.12. The van der Waals surface area contributed by atoms with E-state index in [-0.39, 0.29) is 16.8 Å². The molecule has 0 saturated carbocycles. The normalized spacial score (nSPS) is 10.6. The minimum absolute atomic E-state index is 0.131. The van der Waals surface area contributed by atoms with Crippen LogP contribution in [0.2, 0.25) is 0 Å². The Labute approximate surface area is 148 Å². The van der Waals surface area contributed by atoms with Gasteiger partial charge in [0.05, 0.1) is 17.8 Å². The standard InChI is InChI=1S/C20H16F2N2O2/c1-13-4-2-3-5-14(13)11-24-12-15(6-9-19(24)25)20(26)23-18-8-7-16(21)10-17(18)22/h2-10,12H,11H2,1H3,(H,23,26). The number of hydrogen-bond acceptors (Lipinski definition) is 2.